The molecule has 0 unspecified atom stereocenters. The molecule has 4 aromatic rings. The molecule has 1 aliphatic carbocycles. The van der Waals surface area contributed by atoms with E-state index in [9.17, 15) is 28.8 Å². The van der Waals surface area contributed by atoms with E-state index in [0.717, 1.165) is 12.8 Å². The van der Waals surface area contributed by atoms with Crippen LogP contribution in [0.4, 0.5) is 17.2 Å². The van der Waals surface area contributed by atoms with Gasteiger partial charge < -0.3 is 50.0 Å². The van der Waals surface area contributed by atoms with Crippen molar-refractivity contribution in [2.75, 3.05) is 29.0 Å². The van der Waals surface area contributed by atoms with Gasteiger partial charge in [-0.25, -0.2) is 9.97 Å². The fourth-order valence-corrected chi connectivity index (χ4v) is 5.27. The van der Waals surface area contributed by atoms with Crippen LogP contribution in [0.3, 0.4) is 0 Å². The summed E-state index contributed by atoms with van der Waals surface area (Å²) in [5.74, 6) is -2.86. The van der Waals surface area contributed by atoms with E-state index in [-0.39, 0.29) is 54.8 Å². The molecule has 0 saturated heterocycles. The number of rotatable bonds is 14. The quantitative estimate of drug-likeness (QED) is 0.112. The van der Waals surface area contributed by atoms with E-state index in [1.165, 1.54) is 29.1 Å². The van der Waals surface area contributed by atoms with Crippen molar-refractivity contribution < 1.29 is 33.9 Å². The van der Waals surface area contributed by atoms with Gasteiger partial charge in [-0.15, -0.1) is 0 Å². The SMILES string of the molecule is Cn1cc(NC(=O)c2nccn2C)cc1C(=O)NCCC(=O)Nc1cn(C)c(C(=O)Nc2cc(C(=O)NCC3(CC(=O)O)CC3)n(C)c2)n1. The number of anilines is 3. The topological polar surface area (TPSA) is 228 Å². The lowest BCUT2D eigenvalue weighted by molar-refractivity contribution is -0.138. The molecule has 1 aliphatic rings. The molecular weight excluding hydrogens is 638 g/mol. The van der Waals surface area contributed by atoms with Crippen molar-refractivity contribution in [2.24, 2.45) is 33.6 Å². The Bertz CT molecular complexity index is 1940. The number of aliphatic carboxylic acids is 1. The van der Waals surface area contributed by atoms with E-state index in [0.29, 0.717) is 11.4 Å². The summed E-state index contributed by atoms with van der Waals surface area (Å²) in [4.78, 5) is 82.8. The second-order valence-corrected chi connectivity index (χ2v) is 12.1. The zero-order valence-electron chi connectivity index (χ0n) is 27.4. The van der Waals surface area contributed by atoms with Crippen molar-refractivity contribution in [2.45, 2.75) is 25.7 Å². The van der Waals surface area contributed by atoms with Gasteiger partial charge in [0.05, 0.1) is 17.8 Å². The Hall–Kier alpha value is -6.20. The first-order chi connectivity index (χ1) is 23.2. The summed E-state index contributed by atoms with van der Waals surface area (Å²) in [7, 11) is 6.57. The van der Waals surface area contributed by atoms with E-state index in [1.54, 1.807) is 60.5 Å². The summed E-state index contributed by atoms with van der Waals surface area (Å²) in [6, 6.07) is 3.01. The third kappa shape index (κ3) is 8.21. The molecule has 4 aromatic heterocycles. The van der Waals surface area contributed by atoms with Crippen molar-refractivity contribution in [3.8, 4) is 0 Å². The van der Waals surface area contributed by atoms with Crippen molar-refractivity contribution >= 4 is 52.7 Å². The predicted molar refractivity (Wildman–Crippen MR) is 175 cm³/mol. The van der Waals surface area contributed by atoms with E-state index in [4.69, 9.17) is 5.11 Å². The third-order valence-electron chi connectivity index (χ3n) is 8.11. The molecular formula is C31H37N11O7. The fraction of sp³-hybridized carbons (Fsp3) is 0.355. The van der Waals surface area contributed by atoms with Gasteiger partial charge in [-0.05, 0) is 30.4 Å². The minimum atomic E-state index is -0.901. The number of carbonyl (C=O) groups excluding carboxylic acids is 5. The van der Waals surface area contributed by atoms with Crippen LogP contribution in [0, 0.1) is 5.41 Å². The van der Waals surface area contributed by atoms with Crippen LogP contribution in [0.1, 0.15) is 67.9 Å². The highest BCUT2D eigenvalue weighted by atomic mass is 16.4. The summed E-state index contributed by atoms with van der Waals surface area (Å²) in [5, 5.41) is 22.5. The Balaban J connectivity index is 1.08. The van der Waals surface area contributed by atoms with Gasteiger partial charge in [-0.3, -0.25) is 28.8 Å². The number of carboxylic acids is 1. The molecule has 0 radical (unpaired) electrons. The van der Waals surface area contributed by atoms with Crippen LogP contribution in [0.5, 0.6) is 0 Å². The normalized spacial score (nSPS) is 13.0. The standard InChI is InChI=1S/C31H37N11O7/c1-39-10-9-32-25(39)29(48)35-18-11-20(40(2)14-18)27(46)33-8-5-23(43)37-22-16-42(4)26(38-22)30(49)36-19-12-21(41(3)15-19)28(47)34-17-31(6-7-31)13-24(44)45/h9-12,14-16H,5-8,13,17H2,1-4H3,(H,33,46)(H,34,47)(H,35,48)(H,36,49)(H,37,43)(H,44,45). The Morgan fingerprint density at radius 3 is 1.90 bits per heavy atom. The molecule has 0 spiro atoms. The number of aromatic nitrogens is 6. The van der Waals surface area contributed by atoms with E-state index >= 15 is 0 Å². The lowest BCUT2D eigenvalue weighted by atomic mass is 10.0. The Kier molecular flexibility index (Phi) is 9.67. The summed E-state index contributed by atoms with van der Waals surface area (Å²) >= 11 is 0. The second kappa shape index (κ2) is 13.9. The summed E-state index contributed by atoms with van der Waals surface area (Å²) in [6.45, 7) is 0.261. The molecule has 1 fully saturated rings. The van der Waals surface area contributed by atoms with Crippen LogP contribution < -0.4 is 26.6 Å². The molecule has 0 atom stereocenters. The van der Waals surface area contributed by atoms with Gasteiger partial charge in [0.2, 0.25) is 11.7 Å². The number of amides is 5. The van der Waals surface area contributed by atoms with Gasteiger partial charge in [-0.1, -0.05) is 0 Å². The van der Waals surface area contributed by atoms with Crippen LogP contribution in [0.2, 0.25) is 0 Å². The molecule has 18 nitrogen and oxygen atoms in total. The second-order valence-electron chi connectivity index (χ2n) is 12.1. The lowest BCUT2D eigenvalue weighted by Crippen LogP contribution is -2.32. The molecule has 0 aromatic carbocycles. The van der Waals surface area contributed by atoms with Crippen LogP contribution >= 0.6 is 0 Å². The molecule has 6 N–H and O–H groups in total. The van der Waals surface area contributed by atoms with Gasteiger partial charge in [0.15, 0.2) is 11.6 Å². The molecule has 0 bridgehead atoms. The first kappa shape index (κ1) is 34.1. The van der Waals surface area contributed by atoms with Gasteiger partial charge >= 0.3 is 5.97 Å². The number of aryl methyl sites for hydroxylation is 4. The number of carboxylic acid groups (broad SMARTS) is 1. The molecule has 49 heavy (non-hydrogen) atoms. The molecule has 258 valence electrons. The first-order valence-corrected chi connectivity index (χ1v) is 15.3. The number of nitrogens with one attached hydrogen (secondary N) is 5. The van der Waals surface area contributed by atoms with E-state index < -0.39 is 40.9 Å². The maximum atomic E-state index is 13.0. The maximum absolute atomic E-state index is 13.0. The Labute approximate surface area is 279 Å². The molecule has 0 aliphatic heterocycles. The molecule has 5 amide bonds. The third-order valence-corrected chi connectivity index (χ3v) is 8.11. The molecule has 4 heterocycles. The average molecular weight is 676 g/mol. The Morgan fingerprint density at radius 1 is 0.755 bits per heavy atom. The smallest absolute Gasteiger partial charge is 0.303 e. The van der Waals surface area contributed by atoms with E-state index in [2.05, 4.69) is 36.6 Å². The maximum Gasteiger partial charge on any atom is 0.303 e. The zero-order chi connectivity index (χ0) is 35.5. The van der Waals surface area contributed by atoms with Crippen LogP contribution in [0.25, 0.3) is 0 Å². The van der Waals surface area contributed by atoms with Crippen molar-refractivity contribution in [3.05, 3.63) is 66.2 Å². The number of hydrogen-bond acceptors (Lipinski definition) is 8. The Morgan fingerprint density at radius 2 is 1.35 bits per heavy atom. The highest BCUT2D eigenvalue weighted by molar-refractivity contribution is 6.04. The molecule has 5 rings (SSSR count). The summed E-state index contributed by atoms with van der Waals surface area (Å²) in [5.41, 5.74) is 0.890. The van der Waals surface area contributed by atoms with Gasteiger partial charge in [0.25, 0.3) is 23.6 Å². The van der Waals surface area contributed by atoms with Crippen molar-refractivity contribution in [3.63, 3.8) is 0 Å². The minimum absolute atomic E-state index is 0.00248. The van der Waals surface area contributed by atoms with E-state index in [1.807, 2.05) is 0 Å². The average Bonchev–Trinajstić information content (AvgIpc) is 3.34. The van der Waals surface area contributed by atoms with Gasteiger partial charge in [-0.2, -0.15) is 0 Å². The van der Waals surface area contributed by atoms with Gasteiger partial charge in [0.1, 0.15) is 11.4 Å². The first-order valence-electron chi connectivity index (χ1n) is 15.3. The molecule has 1 saturated carbocycles. The monoisotopic (exact) mass is 675 g/mol. The summed E-state index contributed by atoms with van der Waals surface area (Å²) < 4.78 is 6.09. The van der Waals surface area contributed by atoms with Crippen molar-refractivity contribution in [1.29, 1.82) is 0 Å². The minimum Gasteiger partial charge on any atom is -0.481 e. The van der Waals surface area contributed by atoms with Crippen molar-refractivity contribution in [1.82, 2.24) is 38.9 Å². The zero-order valence-corrected chi connectivity index (χ0v) is 27.4. The lowest BCUT2D eigenvalue weighted by Gasteiger charge is -2.13. The number of imidazole rings is 2. The van der Waals surface area contributed by atoms with Crippen LogP contribution in [-0.4, -0.2) is 81.9 Å². The largest absolute Gasteiger partial charge is 0.481 e. The highest BCUT2D eigenvalue weighted by Gasteiger charge is 2.44. The number of nitrogens with zero attached hydrogens (tertiary/aromatic N) is 6. The number of carbonyl (C=O) groups is 6. The van der Waals surface area contributed by atoms with Gasteiger partial charge in [0, 0.05) is 78.7 Å². The molecule has 18 heteroatoms. The van der Waals surface area contributed by atoms with Crippen LogP contribution in [-0.2, 0) is 37.8 Å². The summed E-state index contributed by atoms with van der Waals surface area (Å²) in [6.07, 6.45) is 9.15. The number of hydrogen-bond donors (Lipinski definition) is 6. The fourth-order valence-electron chi connectivity index (χ4n) is 5.27. The highest BCUT2D eigenvalue weighted by Crippen LogP contribution is 2.48. The van der Waals surface area contributed by atoms with Crippen LogP contribution in [0.15, 0.2) is 43.1 Å². The predicted octanol–water partition coefficient (Wildman–Crippen LogP) is 1.08.